The SMILES string of the molecule is CCc1cc(C(=O)N2CCCCCC2C)nc2cc(-c3csc(CC(=O)C4CC4)n3)nn12. The van der Waals surface area contributed by atoms with Crippen molar-refractivity contribution >= 4 is 28.7 Å². The fraction of sp³-hybridized carbons (Fsp3) is 0.542. The summed E-state index contributed by atoms with van der Waals surface area (Å²) in [6.45, 7) is 4.98. The minimum absolute atomic E-state index is 0.00822. The van der Waals surface area contributed by atoms with E-state index in [0.29, 0.717) is 23.5 Å². The Morgan fingerprint density at radius 1 is 1.09 bits per heavy atom. The molecule has 4 heterocycles. The molecule has 1 saturated heterocycles. The lowest BCUT2D eigenvalue weighted by atomic mass is 10.1. The zero-order valence-electron chi connectivity index (χ0n) is 18.7. The molecule has 0 aromatic carbocycles. The molecule has 5 rings (SSSR count). The molecule has 1 amide bonds. The van der Waals surface area contributed by atoms with Crippen LogP contribution >= 0.6 is 11.3 Å². The Morgan fingerprint density at radius 2 is 1.94 bits per heavy atom. The smallest absolute Gasteiger partial charge is 0.272 e. The molecular weight excluding hydrogens is 422 g/mol. The first-order valence-electron chi connectivity index (χ1n) is 11.7. The average molecular weight is 452 g/mol. The van der Waals surface area contributed by atoms with E-state index in [4.69, 9.17) is 5.10 Å². The highest BCUT2D eigenvalue weighted by Gasteiger charge is 2.30. The molecule has 1 aliphatic carbocycles. The van der Waals surface area contributed by atoms with Crippen LogP contribution in [0.2, 0.25) is 0 Å². The minimum atomic E-state index is 0.00822. The van der Waals surface area contributed by atoms with Crippen molar-refractivity contribution in [2.45, 2.75) is 71.3 Å². The van der Waals surface area contributed by atoms with Gasteiger partial charge in [0.2, 0.25) is 0 Å². The van der Waals surface area contributed by atoms with Crippen LogP contribution in [0.15, 0.2) is 17.5 Å². The molecule has 1 aliphatic heterocycles. The van der Waals surface area contributed by atoms with Gasteiger partial charge in [-0.1, -0.05) is 19.8 Å². The fourth-order valence-electron chi connectivity index (χ4n) is 4.46. The second-order valence-electron chi connectivity index (χ2n) is 9.03. The van der Waals surface area contributed by atoms with Gasteiger partial charge in [-0.3, -0.25) is 9.59 Å². The molecule has 32 heavy (non-hydrogen) atoms. The fourth-order valence-corrected chi connectivity index (χ4v) is 5.25. The summed E-state index contributed by atoms with van der Waals surface area (Å²) in [5, 5.41) is 7.51. The molecule has 0 radical (unpaired) electrons. The Bertz CT molecular complexity index is 1160. The Balaban J connectivity index is 1.44. The number of carbonyl (C=O) groups is 2. The highest BCUT2D eigenvalue weighted by molar-refractivity contribution is 7.10. The molecule has 0 spiro atoms. The second kappa shape index (κ2) is 8.73. The van der Waals surface area contributed by atoms with Crippen molar-refractivity contribution in [3.63, 3.8) is 0 Å². The maximum absolute atomic E-state index is 13.3. The van der Waals surface area contributed by atoms with Crippen LogP contribution in [0.4, 0.5) is 0 Å². The lowest BCUT2D eigenvalue weighted by Gasteiger charge is -2.27. The van der Waals surface area contributed by atoms with Gasteiger partial charge in [-0.15, -0.1) is 11.3 Å². The molecule has 3 aromatic heterocycles. The molecule has 2 aliphatic rings. The molecule has 0 bridgehead atoms. The Labute approximate surface area is 191 Å². The third-order valence-electron chi connectivity index (χ3n) is 6.57. The summed E-state index contributed by atoms with van der Waals surface area (Å²) in [7, 11) is 0. The first-order chi connectivity index (χ1) is 15.5. The van der Waals surface area contributed by atoms with E-state index in [1.165, 1.54) is 24.2 Å². The molecule has 0 N–H and O–H groups in total. The van der Waals surface area contributed by atoms with Gasteiger partial charge in [0.1, 0.15) is 27.9 Å². The second-order valence-corrected chi connectivity index (χ2v) is 9.97. The number of carbonyl (C=O) groups excluding carboxylic acids is 2. The molecule has 2 fully saturated rings. The van der Waals surface area contributed by atoms with Crippen LogP contribution in [0.25, 0.3) is 17.0 Å². The largest absolute Gasteiger partial charge is 0.335 e. The number of Topliss-reactive ketones (excluding diaryl/α,β-unsaturated/α-hetero) is 1. The van der Waals surface area contributed by atoms with Crippen LogP contribution in [-0.2, 0) is 17.6 Å². The zero-order chi connectivity index (χ0) is 22.2. The van der Waals surface area contributed by atoms with Crippen molar-refractivity contribution < 1.29 is 9.59 Å². The van der Waals surface area contributed by atoms with Crippen LogP contribution in [0.1, 0.15) is 73.6 Å². The highest BCUT2D eigenvalue weighted by Crippen LogP contribution is 2.32. The van der Waals surface area contributed by atoms with Crippen LogP contribution in [-0.4, -0.2) is 48.8 Å². The van der Waals surface area contributed by atoms with Crippen molar-refractivity contribution in [2.75, 3.05) is 6.54 Å². The maximum Gasteiger partial charge on any atom is 0.272 e. The third kappa shape index (κ3) is 4.20. The number of aryl methyl sites for hydroxylation is 1. The summed E-state index contributed by atoms with van der Waals surface area (Å²) in [6.07, 6.45) is 7.63. The standard InChI is InChI=1S/C24H29N5O2S/c1-3-17-11-19(24(31)28-10-6-4-5-7-15(28)2)25-22-12-18(27-29(17)22)20-14-32-23(26-20)13-21(30)16-8-9-16/h11-12,14-16H,3-10,13H2,1-2H3. The van der Waals surface area contributed by atoms with Gasteiger partial charge in [0.25, 0.3) is 5.91 Å². The van der Waals surface area contributed by atoms with Crippen LogP contribution < -0.4 is 0 Å². The number of amides is 1. The molecule has 7 nitrogen and oxygen atoms in total. The van der Waals surface area contributed by atoms with E-state index >= 15 is 0 Å². The minimum Gasteiger partial charge on any atom is -0.335 e. The molecule has 1 saturated carbocycles. The summed E-state index contributed by atoms with van der Waals surface area (Å²) in [4.78, 5) is 36.7. The van der Waals surface area contributed by atoms with Crippen molar-refractivity contribution in [1.29, 1.82) is 0 Å². The third-order valence-corrected chi connectivity index (χ3v) is 7.42. The number of likely N-dealkylation sites (tertiary alicyclic amines) is 1. The first-order valence-corrected chi connectivity index (χ1v) is 12.6. The predicted molar refractivity (Wildman–Crippen MR) is 124 cm³/mol. The number of hydrogen-bond donors (Lipinski definition) is 0. The lowest BCUT2D eigenvalue weighted by Crippen LogP contribution is -2.38. The van der Waals surface area contributed by atoms with Gasteiger partial charge in [0, 0.05) is 35.6 Å². The Kier molecular flexibility index (Phi) is 5.80. The molecular formula is C24H29N5O2S. The number of fused-ring (bicyclic) bond motifs is 1. The molecule has 1 atom stereocenters. The van der Waals surface area contributed by atoms with Crippen molar-refractivity contribution in [3.8, 4) is 11.4 Å². The quantitative estimate of drug-likeness (QED) is 0.557. The number of aromatic nitrogens is 4. The normalized spacial score (nSPS) is 19.3. The van der Waals surface area contributed by atoms with Gasteiger partial charge in [0.15, 0.2) is 5.65 Å². The number of thiazole rings is 1. The number of hydrogen-bond acceptors (Lipinski definition) is 6. The molecule has 8 heteroatoms. The zero-order valence-corrected chi connectivity index (χ0v) is 19.5. The molecule has 1 unspecified atom stereocenters. The summed E-state index contributed by atoms with van der Waals surface area (Å²) in [6, 6.07) is 4.01. The Morgan fingerprint density at radius 3 is 2.72 bits per heavy atom. The van der Waals surface area contributed by atoms with Crippen LogP contribution in [0.3, 0.4) is 0 Å². The van der Waals surface area contributed by atoms with E-state index in [-0.39, 0.29) is 17.9 Å². The van der Waals surface area contributed by atoms with E-state index in [1.54, 1.807) is 0 Å². The summed E-state index contributed by atoms with van der Waals surface area (Å²) >= 11 is 1.50. The maximum atomic E-state index is 13.3. The van der Waals surface area contributed by atoms with Gasteiger partial charge in [-0.05, 0) is 45.1 Å². The average Bonchev–Trinajstić information content (AvgIpc) is 3.46. The highest BCUT2D eigenvalue weighted by atomic mass is 32.1. The van der Waals surface area contributed by atoms with E-state index in [2.05, 4.69) is 23.8 Å². The summed E-state index contributed by atoms with van der Waals surface area (Å²) in [5.74, 6) is 0.548. The van der Waals surface area contributed by atoms with E-state index in [9.17, 15) is 9.59 Å². The number of nitrogens with zero attached hydrogens (tertiary/aromatic N) is 5. The van der Waals surface area contributed by atoms with Gasteiger partial charge < -0.3 is 4.90 Å². The van der Waals surface area contributed by atoms with Gasteiger partial charge in [-0.2, -0.15) is 5.10 Å². The Hall–Kier alpha value is -2.61. The first kappa shape index (κ1) is 21.2. The van der Waals surface area contributed by atoms with E-state index in [0.717, 1.165) is 60.7 Å². The van der Waals surface area contributed by atoms with Crippen molar-refractivity contribution in [3.05, 3.63) is 33.9 Å². The van der Waals surface area contributed by atoms with E-state index in [1.807, 2.05) is 26.9 Å². The van der Waals surface area contributed by atoms with Gasteiger partial charge in [0.05, 0.1) is 6.42 Å². The van der Waals surface area contributed by atoms with Gasteiger partial charge in [-0.25, -0.2) is 14.5 Å². The van der Waals surface area contributed by atoms with Crippen LogP contribution in [0.5, 0.6) is 0 Å². The lowest BCUT2D eigenvalue weighted by molar-refractivity contribution is -0.119. The summed E-state index contributed by atoms with van der Waals surface area (Å²) < 4.78 is 1.81. The number of rotatable bonds is 6. The van der Waals surface area contributed by atoms with Crippen LogP contribution in [0, 0.1) is 5.92 Å². The van der Waals surface area contributed by atoms with Crippen molar-refractivity contribution in [2.24, 2.45) is 5.92 Å². The summed E-state index contributed by atoms with van der Waals surface area (Å²) in [5.41, 5.74) is 3.58. The monoisotopic (exact) mass is 451 g/mol. The topological polar surface area (TPSA) is 80.5 Å². The van der Waals surface area contributed by atoms with Crippen molar-refractivity contribution in [1.82, 2.24) is 24.5 Å². The molecule has 3 aromatic rings. The van der Waals surface area contributed by atoms with E-state index < -0.39 is 0 Å². The molecule has 168 valence electrons. The number of ketones is 1. The van der Waals surface area contributed by atoms with Gasteiger partial charge >= 0.3 is 0 Å². The predicted octanol–water partition coefficient (Wildman–Crippen LogP) is 4.34.